The highest BCUT2D eigenvalue weighted by Gasteiger charge is 2.29. The van der Waals surface area contributed by atoms with Gasteiger partial charge in [-0.25, -0.2) is 0 Å². The van der Waals surface area contributed by atoms with Crippen LogP contribution in [0.2, 0.25) is 0 Å². The molecule has 3 nitrogen and oxygen atoms in total. The summed E-state index contributed by atoms with van der Waals surface area (Å²) < 4.78 is 11.9. The molecule has 0 aliphatic carbocycles. The second-order valence-electron chi connectivity index (χ2n) is 3.77. The Balaban J connectivity index is 2.22. The minimum Gasteiger partial charge on any atom is -0.377 e. The second kappa shape index (κ2) is 4.61. The number of nitrogens with two attached hydrogens (primary N) is 1. The number of halogens is 1. The smallest absolute Gasteiger partial charge is 0.0883 e. The van der Waals surface area contributed by atoms with Gasteiger partial charge in [0.2, 0.25) is 0 Å². The zero-order chi connectivity index (χ0) is 10.7. The lowest BCUT2D eigenvalue weighted by Crippen LogP contribution is -2.44. The van der Waals surface area contributed by atoms with Gasteiger partial charge in [-0.05, 0) is 17.7 Å². The molecule has 0 atom stereocenters. The predicted molar refractivity (Wildman–Crippen MR) is 61.6 cm³/mol. The molecular weight excluding hydrogens is 258 g/mol. The molecule has 0 bridgehead atoms. The van der Waals surface area contributed by atoms with Crippen LogP contribution in [0.5, 0.6) is 0 Å². The van der Waals surface area contributed by atoms with Gasteiger partial charge >= 0.3 is 0 Å². The third-order valence-electron chi connectivity index (χ3n) is 2.51. The van der Waals surface area contributed by atoms with E-state index in [0.29, 0.717) is 26.4 Å². The molecule has 0 radical (unpaired) electrons. The van der Waals surface area contributed by atoms with Gasteiger partial charge in [-0.2, -0.15) is 0 Å². The van der Waals surface area contributed by atoms with Crippen LogP contribution in [0.1, 0.15) is 5.56 Å². The standard InChI is InChI=1S/C11H14BrNO2/c12-10-3-1-9(2-4-10)11(13)7-14-5-6-15-8-11/h1-4H,5-8,13H2. The van der Waals surface area contributed by atoms with Gasteiger partial charge in [-0.3, -0.25) is 0 Å². The van der Waals surface area contributed by atoms with Gasteiger partial charge in [0, 0.05) is 4.47 Å². The summed E-state index contributed by atoms with van der Waals surface area (Å²) in [4.78, 5) is 0. The summed E-state index contributed by atoms with van der Waals surface area (Å²) in [6.45, 7) is 2.26. The number of benzene rings is 1. The Hall–Kier alpha value is -0.420. The maximum atomic E-state index is 6.27. The van der Waals surface area contributed by atoms with Crippen LogP contribution in [-0.2, 0) is 15.0 Å². The molecule has 0 amide bonds. The fourth-order valence-corrected chi connectivity index (χ4v) is 1.88. The first-order chi connectivity index (χ1) is 7.21. The highest BCUT2D eigenvalue weighted by molar-refractivity contribution is 9.10. The molecule has 0 saturated carbocycles. The fourth-order valence-electron chi connectivity index (χ4n) is 1.62. The molecule has 1 aromatic rings. The molecular formula is C11H14BrNO2. The van der Waals surface area contributed by atoms with Crippen molar-refractivity contribution < 1.29 is 9.47 Å². The number of hydrogen-bond acceptors (Lipinski definition) is 3. The van der Waals surface area contributed by atoms with E-state index >= 15 is 0 Å². The Labute approximate surface area is 97.7 Å². The number of hydrogen-bond donors (Lipinski definition) is 1. The number of ether oxygens (including phenoxy) is 2. The molecule has 1 aromatic carbocycles. The molecule has 1 saturated heterocycles. The van der Waals surface area contributed by atoms with Gasteiger partial charge < -0.3 is 15.2 Å². The van der Waals surface area contributed by atoms with Gasteiger partial charge in [0.15, 0.2) is 0 Å². The van der Waals surface area contributed by atoms with E-state index in [9.17, 15) is 0 Å². The molecule has 0 spiro atoms. The van der Waals surface area contributed by atoms with Crippen molar-refractivity contribution in [1.29, 1.82) is 0 Å². The summed E-state index contributed by atoms with van der Waals surface area (Å²) in [5, 5.41) is 0. The minimum absolute atomic E-state index is 0.509. The molecule has 0 aromatic heterocycles. The van der Waals surface area contributed by atoms with E-state index in [4.69, 9.17) is 15.2 Å². The first kappa shape index (κ1) is 11.1. The molecule has 82 valence electrons. The summed E-state index contributed by atoms with van der Waals surface area (Å²) >= 11 is 3.40. The van der Waals surface area contributed by atoms with Crippen LogP contribution in [0.15, 0.2) is 28.7 Å². The van der Waals surface area contributed by atoms with Crippen molar-refractivity contribution in [3.05, 3.63) is 34.3 Å². The van der Waals surface area contributed by atoms with Crippen LogP contribution in [0.3, 0.4) is 0 Å². The van der Waals surface area contributed by atoms with Crippen LogP contribution in [0.25, 0.3) is 0 Å². The molecule has 1 heterocycles. The van der Waals surface area contributed by atoms with Gasteiger partial charge in [0.1, 0.15) is 0 Å². The first-order valence-electron chi connectivity index (χ1n) is 4.91. The quantitative estimate of drug-likeness (QED) is 0.845. The lowest BCUT2D eigenvalue weighted by atomic mass is 9.93. The van der Waals surface area contributed by atoms with Crippen molar-refractivity contribution in [1.82, 2.24) is 0 Å². The Morgan fingerprint density at radius 2 is 1.60 bits per heavy atom. The number of rotatable bonds is 1. The van der Waals surface area contributed by atoms with Crippen LogP contribution in [0.4, 0.5) is 0 Å². The lowest BCUT2D eigenvalue weighted by molar-refractivity contribution is 0.103. The third-order valence-corrected chi connectivity index (χ3v) is 3.04. The van der Waals surface area contributed by atoms with E-state index in [1.54, 1.807) is 0 Å². The first-order valence-corrected chi connectivity index (χ1v) is 5.70. The van der Waals surface area contributed by atoms with Crippen molar-refractivity contribution in [2.24, 2.45) is 5.73 Å². The summed E-state index contributed by atoms with van der Waals surface area (Å²) in [5.41, 5.74) is 6.80. The molecule has 4 heteroatoms. The van der Waals surface area contributed by atoms with Crippen molar-refractivity contribution >= 4 is 15.9 Å². The summed E-state index contributed by atoms with van der Waals surface area (Å²) in [6, 6.07) is 7.97. The van der Waals surface area contributed by atoms with Gasteiger partial charge in [0.05, 0.1) is 32.0 Å². The van der Waals surface area contributed by atoms with E-state index in [1.165, 1.54) is 0 Å². The van der Waals surface area contributed by atoms with E-state index in [1.807, 2.05) is 24.3 Å². The Morgan fingerprint density at radius 1 is 1.07 bits per heavy atom. The predicted octanol–water partition coefficient (Wildman–Crippen LogP) is 1.65. The molecule has 1 aliphatic rings. The highest BCUT2D eigenvalue weighted by Crippen LogP contribution is 2.23. The maximum absolute atomic E-state index is 6.27. The van der Waals surface area contributed by atoms with Gasteiger partial charge in [-0.15, -0.1) is 0 Å². The SMILES string of the molecule is NC1(c2ccc(Br)cc2)COCCOC1. The molecule has 1 aliphatic heterocycles. The largest absolute Gasteiger partial charge is 0.377 e. The second-order valence-corrected chi connectivity index (χ2v) is 4.68. The average molecular weight is 272 g/mol. The fraction of sp³-hybridized carbons (Fsp3) is 0.455. The van der Waals surface area contributed by atoms with Gasteiger partial charge in [-0.1, -0.05) is 28.1 Å². The topological polar surface area (TPSA) is 44.5 Å². The summed E-state index contributed by atoms with van der Waals surface area (Å²) in [5.74, 6) is 0. The molecule has 2 N–H and O–H groups in total. The Kier molecular flexibility index (Phi) is 3.41. The van der Waals surface area contributed by atoms with Crippen molar-refractivity contribution in [2.45, 2.75) is 5.54 Å². The van der Waals surface area contributed by atoms with Crippen molar-refractivity contribution in [3.63, 3.8) is 0 Å². The van der Waals surface area contributed by atoms with Crippen LogP contribution in [-0.4, -0.2) is 26.4 Å². The minimum atomic E-state index is -0.517. The van der Waals surface area contributed by atoms with Gasteiger partial charge in [0.25, 0.3) is 0 Å². The average Bonchev–Trinajstić information content (AvgIpc) is 2.45. The molecule has 2 rings (SSSR count). The summed E-state index contributed by atoms with van der Waals surface area (Å²) in [6.07, 6.45) is 0. The molecule has 15 heavy (non-hydrogen) atoms. The third kappa shape index (κ3) is 2.58. The van der Waals surface area contributed by atoms with E-state index in [-0.39, 0.29) is 0 Å². The molecule has 0 unspecified atom stereocenters. The van der Waals surface area contributed by atoms with Crippen LogP contribution < -0.4 is 5.73 Å². The molecule has 1 fully saturated rings. The van der Waals surface area contributed by atoms with E-state index in [0.717, 1.165) is 10.0 Å². The Morgan fingerprint density at radius 3 is 2.13 bits per heavy atom. The Bertz CT molecular complexity index is 318. The monoisotopic (exact) mass is 271 g/mol. The van der Waals surface area contributed by atoms with Crippen molar-refractivity contribution in [2.75, 3.05) is 26.4 Å². The zero-order valence-corrected chi connectivity index (χ0v) is 10.00. The maximum Gasteiger partial charge on any atom is 0.0883 e. The normalized spacial score (nSPS) is 20.9. The van der Waals surface area contributed by atoms with E-state index < -0.39 is 5.54 Å². The van der Waals surface area contributed by atoms with Crippen molar-refractivity contribution in [3.8, 4) is 0 Å². The van der Waals surface area contributed by atoms with Crippen LogP contribution >= 0.6 is 15.9 Å². The highest BCUT2D eigenvalue weighted by atomic mass is 79.9. The zero-order valence-electron chi connectivity index (χ0n) is 8.41. The van der Waals surface area contributed by atoms with E-state index in [2.05, 4.69) is 15.9 Å². The van der Waals surface area contributed by atoms with Crippen LogP contribution in [0, 0.1) is 0 Å². The lowest BCUT2D eigenvalue weighted by Gasteiger charge is -2.27. The summed E-state index contributed by atoms with van der Waals surface area (Å²) in [7, 11) is 0.